The van der Waals surface area contributed by atoms with Gasteiger partial charge in [-0.25, -0.2) is 4.98 Å². The maximum absolute atomic E-state index is 12.4. The molecule has 1 aromatic carbocycles. The number of rotatable bonds is 5. The maximum Gasteiger partial charge on any atom is 0.573 e. The van der Waals surface area contributed by atoms with Gasteiger partial charge in [0.1, 0.15) is 0 Å². The fourth-order valence-electron chi connectivity index (χ4n) is 2.04. The topological polar surface area (TPSA) is 72.5 Å². The van der Waals surface area contributed by atoms with E-state index in [1.54, 1.807) is 17.4 Å². The van der Waals surface area contributed by atoms with Crippen LogP contribution >= 0.6 is 11.3 Å². The number of para-hydroxylation sites is 2. The Bertz CT molecular complexity index is 728. The molecule has 0 saturated carbocycles. The summed E-state index contributed by atoms with van der Waals surface area (Å²) >= 11 is 1.59. The summed E-state index contributed by atoms with van der Waals surface area (Å²) in [5.41, 5.74) is 6.79. The van der Waals surface area contributed by atoms with Gasteiger partial charge in [0.25, 0.3) is 0 Å². The SMILES string of the molecule is Cc1nc(C)c(CCN=C(N)Nc2ccccc2OC(F)(F)F)s1. The first-order valence-electron chi connectivity index (χ1n) is 7.09. The smallest absolute Gasteiger partial charge is 0.404 e. The molecule has 0 bridgehead atoms. The second-order valence-corrected chi connectivity index (χ2v) is 6.22. The third-order valence-corrected chi connectivity index (χ3v) is 4.13. The number of guanidine groups is 1. The van der Waals surface area contributed by atoms with Crippen molar-refractivity contribution in [2.45, 2.75) is 26.6 Å². The molecule has 0 aliphatic rings. The van der Waals surface area contributed by atoms with Crippen LogP contribution in [0.5, 0.6) is 5.75 Å². The van der Waals surface area contributed by atoms with Crippen LogP contribution in [0, 0.1) is 13.8 Å². The van der Waals surface area contributed by atoms with Gasteiger partial charge in [-0.1, -0.05) is 12.1 Å². The largest absolute Gasteiger partial charge is 0.573 e. The quantitative estimate of drug-likeness (QED) is 0.632. The molecule has 1 aromatic heterocycles. The third kappa shape index (κ3) is 5.41. The summed E-state index contributed by atoms with van der Waals surface area (Å²) in [4.78, 5) is 9.57. The number of nitrogens with two attached hydrogens (primary N) is 1. The number of nitrogens with zero attached hydrogens (tertiary/aromatic N) is 2. The minimum absolute atomic E-state index is 0.0205. The van der Waals surface area contributed by atoms with Crippen LogP contribution in [-0.4, -0.2) is 23.9 Å². The molecule has 9 heteroatoms. The van der Waals surface area contributed by atoms with Crippen LogP contribution < -0.4 is 15.8 Å². The molecule has 0 aliphatic heterocycles. The molecular weight excluding hydrogens is 341 g/mol. The van der Waals surface area contributed by atoms with Crippen molar-refractivity contribution in [3.05, 3.63) is 39.8 Å². The molecule has 0 amide bonds. The van der Waals surface area contributed by atoms with Gasteiger partial charge in [-0.15, -0.1) is 24.5 Å². The highest BCUT2D eigenvalue weighted by atomic mass is 32.1. The lowest BCUT2D eigenvalue weighted by molar-refractivity contribution is -0.274. The van der Waals surface area contributed by atoms with E-state index in [0.29, 0.717) is 13.0 Å². The average Bonchev–Trinajstić information content (AvgIpc) is 2.78. The first-order chi connectivity index (χ1) is 11.2. The lowest BCUT2D eigenvalue weighted by Gasteiger charge is -2.14. The predicted molar refractivity (Wildman–Crippen MR) is 88.5 cm³/mol. The Morgan fingerprint density at radius 1 is 1.33 bits per heavy atom. The summed E-state index contributed by atoms with van der Waals surface area (Å²) in [6.45, 7) is 4.26. The number of halogens is 3. The Labute approximate surface area is 141 Å². The minimum atomic E-state index is -4.77. The van der Waals surface area contributed by atoms with Crippen LogP contribution in [0.2, 0.25) is 0 Å². The molecule has 0 unspecified atom stereocenters. The second-order valence-electron chi connectivity index (χ2n) is 4.93. The molecule has 24 heavy (non-hydrogen) atoms. The van der Waals surface area contributed by atoms with Crippen molar-refractivity contribution in [1.82, 2.24) is 4.98 Å². The molecule has 130 valence electrons. The number of ether oxygens (including phenoxy) is 1. The van der Waals surface area contributed by atoms with Crippen molar-refractivity contribution < 1.29 is 17.9 Å². The van der Waals surface area contributed by atoms with E-state index in [1.165, 1.54) is 18.2 Å². The van der Waals surface area contributed by atoms with E-state index in [4.69, 9.17) is 5.73 Å². The zero-order valence-corrected chi connectivity index (χ0v) is 14.0. The second kappa shape index (κ2) is 7.52. The summed E-state index contributed by atoms with van der Waals surface area (Å²) < 4.78 is 41.1. The van der Waals surface area contributed by atoms with Crippen molar-refractivity contribution in [2.75, 3.05) is 11.9 Å². The number of aromatic nitrogens is 1. The van der Waals surface area contributed by atoms with E-state index in [9.17, 15) is 13.2 Å². The molecule has 0 spiro atoms. The Morgan fingerprint density at radius 3 is 2.67 bits per heavy atom. The normalized spacial score (nSPS) is 12.3. The van der Waals surface area contributed by atoms with Gasteiger partial charge in [0.2, 0.25) is 0 Å². The lowest BCUT2D eigenvalue weighted by Crippen LogP contribution is -2.24. The van der Waals surface area contributed by atoms with E-state index >= 15 is 0 Å². The van der Waals surface area contributed by atoms with Gasteiger partial charge in [-0.05, 0) is 26.0 Å². The highest BCUT2D eigenvalue weighted by Crippen LogP contribution is 2.29. The van der Waals surface area contributed by atoms with Gasteiger partial charge in [0.15, 0.2) is 11.7 Å². The van der Waals surface area contributed by atoms with Gasteiger partial charge < -0.3 is 15.8 Å². The number of hydrogen-bond acceptors (Lipinski definition) is 4. The van der Waals surface area contributed by atoms with Gasteiger partial charge in [-0.3, -0.25) is 4.99 Å². The molecule has 0 radical (unpaired) electrons. The molecule has 0 fully saturated rings. The number of anilines is 1. The number of hydrogen-bond donors (Lipinski definition) is 2. The van der Waals surface area contributed by atoms with E-state index in [1.807, 2.05) is 13.8 Å². The standard InChI is InChI=1S/C15H17F3N4OS/c1-9-13(24-10(2)21-9)7-8-20-14(19)22-11-5-3-4-6-12(11)23-15(16,17)18/h3-6H,7-8H2,1-2H3,(H3,19,20,22). The maximum atomic E-state index is 12.4. The summed E-state index contributed by atoms with van der Waals surface area (Å²) in [7, 11) is 0. The fraction of sp³-hybridized carbons (Fsp3) is 0.333. The van der Waals surface area contributed by atoms with Crippen LogP contribution in [0.15, 0.2) is 29.3 Å². The highest BCUT2D eigenvalue weighted by Gasteiger charge is 2.32. The number of benzene rings is 1. The first kappa shape index (κ1) is 18.1. The van der Waals surface area contributed by atoms with Crippen LogP contribution in [0.1, 0.15) is 15.6 Å². The van der Waals surface area contributed by atoms with Crippen LogP contribution in [0.3, 0.4) is 0 Å². The zero-order valence-electron chi connectivity index (χ0n) is 13.1. The van der Waals surface area contributed by atoms with Gasteiger partial charge in [0.05, 0.1) is 16.4 Å². The van der Waals surface area contributed by atoms with Crippen molar-refractivity contribution in [3.63, 3.8) is 0 Å². The molecule has 5 nitrogen and oxygen atoms in total. The van der Waals surface area contributed by atoms with E-state index in [2.05, 4.69) is 20.0 Å². The lowest BCUT2D eigenvalue weighted by atomic mass is 10.3. The third-order valence-electron chi connectivity index (χ3n) is 3.00. The van der Waals surface area contributed by atoms with Gasteiger partial charge in [-0.2, -0.15) is 0 Å². The van der Waals surface area contributed by atoms with Crippen molar-refractivity contribution in [2.24, 2.45) is 10.7 Å². The summed E-state index contributed by atoms with van der Waals surface area (Å²) in [6, 6.07) is 5.64. The number of aliphatic imine (C=N–C) groups is 1. The number of alkyl halides is 3. The van der Waals surface area contributed by atoms with E-state index in [0.717, 1.165) is 15.6 Å². The summed E-state index contributed by atoms with van der Waals surface area (Å²) in [5, 5.41) is 3.61. The number of nitrogens with one attached hydrogen (secondary N) is 1. The molecule has 0 aliphatic carbocycles. The van der Waals surface area contributed by atoms with Gasteiger partial charge in [0, 0.05) is 17.8 Å². The minimum Gasteiger partial charge on any atom is -0.404 e. The molecule has 1 heterocycles. The van der Waals surface area contributed by atoms with E-state index < -0.39 is 6.36 Å². The molecular formula is C15H17F3N4OS. The van der Waals surface area contributed by atoms with Crippen molar-refractivity contribution in [1.29, 1.82) is 0 Å². The van der Waals surface area contributed by atoms with Crippen LogP contribution in [-0.2, 0) is 6.42 Å². The van der Waals surface area contributed by atoms with Crippen molar-refractivity contribution in [3.8, 4) is 5.75 Å². The average molecular weight is 358 g/mol. The highest BCUT2D eigenvalue weighted by molar-refractivity contribution is 7.11. The predicted octanol–water partition coefficient (Wildman–Crippen LogP) is 3.63. The van der Waals surface area contributed by atoms with Crippen molar-refractivity contribution >= 4 is 23.0 Å². The Hall–Kier alpha value is -2.29. The first-order valence-corrected chi connectivity index (χ1v) is 7.91. The van der Waals surface area contributed by atoms with Gasteiger partial charge >= 0.3 is 6.36 Å². The molecule has 2 aromatic rings. The molecule has 2 rings (SSSR count). The van der Waals surface area contributed by atoms with Crippen LogP contribution in [0.25, 0.3) is 0 Å². The van der Waals surface area contributed by atoms with E-state index in [-0.39, 0.29) is 17.4 Å². The Balaban J connectivity index is 1.99. The summed E-state index contributed by atoms with van der Waals surface area (Å²) in [6.07, 6.45) is -4.11. The molecule has 0 atom stereocenters. The number of thiazole rings is 1. The molecule has 0 saturated heterocycles. The fourth-order valence-corrected chi connectivity index (χ4v) is 2.97. The number of aryl methyl sites for hydroxylation is 2. The monoisotopic (exact) mass is 358 g/mol. The summed E-state index contributed by atoms with van der Waals surface area (Å²) in [5.74, 6) is -0.343. The van der Waals surface area contributed by atoms with Crippen LogP contribution in [0.4, 0.5) is 18.9 Å². The Kier molecular flexibility index (Phi) is 5.66. The zero-order chi connectivity index (χ0) is 17.7. The Morgan fingerprint density at radius 2 is 2.04 bits per heavy atom. The molecule has 3 N–H and O–H groups in total.